The zero-order chi connectivity index (χ0) is 20.1. The number of amidine groups is 1. The van der Waals surface area contributed by atoms with Gasteiger partial charge in [-0.15, -0.1) is 11.3 Å². The first-order valence-corrected chi connectivity index (χ1v) is 11.2. The van der Waals surface area contributed by atoms with Gasteiger partial charge in [-0.3, -0.25) is 19.3 Å². The van der Waals surface area contributed by atoms with Gasteiger partial charge in [-0.2, -0.15) is 0 Å². The number of rotatable bonds is 5. The Balaban J connectivity index is 1.67. The van der Waals surface area contributed by atoms with Crippen LogP contribution in [0.3, 0.4) is 0 Å². The summed E-state index contributed by atoms with van der Waals surface area (Å²) in [5, 5.41) is 2.70. The van der Waals surface area contributed by atoms with Gasteiger partial charge >= 0.3 is 0 Å². The molecular weight excluding hydrogens is 398 g/mol. The van der Waals surface area contributed by atoms with Gasteiger partial charge in [-0.05, 0) is 56.2 Å². The molecular formula is C19H21N3O4S2. The quantitative estimate of drug-likeness (QED) is 0.724. The fraction of sp³-hybridized carbons (Fsp3) is 0.316. The van der Waals surface area contributed by atoms with Crippen LogP contribution in [-0.4, -0.2) is 32.5 Å². The predicted molar refractivity (Wildman–Crippen MR) is 110 cm³/mol. The summed E-state index contributed by atoms with van der Waals surface area (Å²) in [5.41, 5.74) is 0.466. The molecule has 7 nitrogen and oxygen atoms in total. The molecule has 1 aromatic carbocycles. The molecule has 3 rings (SSSR count). The van der Waals surface area contributed by atoms with Crippen molar-refractivity contribution in [3.8, 4) is 0 Å². The molecule has 1 aliphatic heterocycles. The summed E-state index contributed by atoms with van der Waals surface area (Å²) in [4.78, 5) is 28.9. The van der Waals surface area contributed by atoms with Crippen molar-refractivity contribution in [2.24, 2.45) is 4.99 Å². The van der Waals surface area contributed by atoms with Crippen molar-refractivity contribution >= 4 is 44.6 Å². The fourth-order valence-corrected chi connectivity index (χ4v) is 4.62. The second-order valence-electron chi connectivity index (χ2n) is 6.44. The molecule has 1 amide bonds. The van der Waals surface area contributed by atoms with Gasteiger partial charge in [0.05, 0.1) is 14.6 Å². The van der Waals surface area contributed by atoms with E-state index in [0.717, 1.165) is 30.6 Å². The third kappa shape index (κ3) is 5.05. The van der Waals surface area contributed by atoms with Gasteiger partial charge in [0, 0.05) is 18.7 Å². The molecule has 2 aromatic rings. The highest BCUT2D eigenvalue weighted by atomic mass is 32.2. The first-order valence-electron chi connectivity index (χ1n) is 8.93. The van der Waals surface area contributed by atoms with Crippen molar-refractivity contribution < 1.29 is 18.0 Å². The topological polar surface area (TPSA) is 105 Å². The van der Waals surface area contributed by atoms with Crippen LogP contribution in [0.15, 0.2) is 46.3 Å². The van der Waals surface area contributed by atoms with E-state index in [4.69, 9.17) is 0 Å². The normalized spacial score (nSPS) is 14.7. The van der Waals surface area contributed by atoms with E-state index in [0.29, 0.717) is 34.2 Å². The van der Waals surface area contributed by atoms with Gasteiger partial charge in [-0.25, -0.2) is 8.42 Å². The molecule has 0 atom stereocenters. The standard InChI is InChI=1S/C19H21N3O4S2/c1-13(23)16-10-11-17(27-16)19(24)21-14-6-8-15(9-7-14)28(25,26)22-18-5-3-2-4-12-20-18/h6-11H,2-5,12H2,1H3,(H,20,22)(H,21,24). The van der Waals surface area contributed by atoms with E-state index >= 15 is 0 Å². The summed E-state index contributed by atoms with van der Waals surface area (Å²) >= 11 is 1.12. The highest BCUT2D eigenvalue weighted by Gasteiger charge is 2.18. The van der Waals surface area contributed by atoms with E-state index < -0.39 is 10.0 Å². The lowest BCUT2D eigenvalue weighted by Gasteiger charge is -2.10. The Bertz CT molecular complexity index is 1010. The summed E-state index contributed by atoms with van der Waals surface area (Å²) < 4.78 is 27.6. The van der Waals surface area contributed by atoms with Gasteiger partial charge < -0.3 is 5.32 Å². The molecule has 0 saturated heterocycles. The predicted octanol–water partition coefficient (Wildman–Crippen LogP) is 3.45. The number of nitrogens with one attached hydrogen (secondary N) is 2. The molecule has 1 aliphatic rings. The Morgan fingerprint density at radius 1 is 1.00 bits per heavy atom. The third-order valence-corrected chi connectivity index (χ3v) is 6.81. The zero-order valence-corrected chi connectivity index (χ0v) is 17.0. The number of nitrogens with zero attached hydrogens (tertiary/aromatic N) is 1. The average Bonchev–Trinajstić information content (AvgIpc) is 3.03. The van der Waals surface area contributed by atoms with Crippen LogP contribution in [0.5, 0.6) is 0 Å². The van der Waals surface area contributed by atoms with Crippen molar-refractivity contribution in [3.05, 3.63) is 46.2 Å². The summed E-state index contributed by atoms with van der Waals surface area (Å²) in [6.07, 6.45) is 3.55. The highest BCUT2D eigenvalue weighted by Crippen LogP contribution is 2.20. The lowest BCUT2D eigenvalue weighted by atomic mass is 10.2. The third-order valence-electron chi connectivity index (χ3n) is 4.23. The van der Waals surface area contributed by atoms with E-state index in [2.05, 4.69) is 15.0 Å². The lowest BCUT2D eigenvalue weighted by molar-refractivity contribution is 0.101. The van der Waals surface area contributed by atoms with Crippen LogP contribution in [0, 0.1) is 0 Å². The van der Waals surface area contributed by atoms with Gasteiger partial charge in [0.25, 0.3) is 15.9 Å². The fourth-order valence-electron chi connectivity index (χ4n) is 2.73. The summed E-state index contributed by atoms with van der Waals surface area (Å²) in [6, 6.07) is 9.13. The maximum absolute atomic E-state index is 12.5. The number of aliphatic imine (C=N–C) groups is 1. The molecule has 9 heteroatoms. The minimum Gasteiger partial charge on any atom is -0.321 e. The smallest absolute Gasteiger partial charge is 0.265 e. The van der Waals surface area contributed by atoms with Crippen LogP contribution in [-0.2, 0) is 10.0 Å². The van der Waals surface area contributed by atoms with E-state index in [1.807, 2.05) is 0 Å². The molecule has 2 N–H and O–H groups in total. The molecule has 148 valence electrons. The molecule has 0 unspecified atom stereocenters. The number of hydrogen-bond acceptors (Lipinski definition) is 6. The number of sulfonamides is 1. The number of carbonyl (C=O) groups excluding carboxylic acids is 2. The number of thiophene rings is 1. The molecule has 0 aliphatic carbocycles. The second-order valence-corrected chi connectivity index (χ2v) is 9.21. The van der Waals surface area contributed by atoms with Crippen LogP contribution < -0.4 is 10.0 Å². The second kappa shape index (κ2) is 8.66. The summed E-state index contributed by atoms with van der Waals surface area (Å²) in [7, 11) is -3.71. The number of Topliss-reactive ketones (excluding diaryl/α,β-unsaturated/α-hetero) is 1. The van der Waals surface area contributed by atoms with Crippen LogP contribution in [0.4, 0.5) is 5.69 Å². The Morgan fingerprint density at radius 3 is 2.39 bits per heavy atom. The largest absolute Gasteiger partial charge is 0.321 e. The Labute approximate surface area is 167 Å². The van der Waals surface area contributed by atoms with Crippen molar-refractivity contribution in [2.45, 2.75) is 37.5 Å². The summed E-state index contributed by atoms with van der Waals surface area (Å²) in [5.74, 6) is 0.0530. The molecule has 2 heterocycles. The lowest BCUT2D eigenvalue weighted by Crippen LogP contribution is -2.30. The first-order chi connectivity index (χ1) is 13.3. The van der Waals surface area contributed by atoms with E-state index in [1.54, 1.807) is 12.1 Å². The van der Waals surface area contributed by atoms with Gasteiger partial charge in [0.15, 0.2) is 5.78 Å². The monoisotopic (exact) mass is 419 g/mol. The van der Waals surface area contributed by atoms with Crippen molar-refractivity contribution in [3.63, 3.8) is 0 Å². The SMILES string of the molecule is CC(=O)c1ccc(C(=O)Nc2ccc(S(=O)(=O)NC3=NCCCCC3)cc2)s1. The van der Waals surface area contributed by atoms with Gasteiger partial charge in [0.1, 0.15) is 5.84 Å². The average molecular weight is 420 g/mol. The van der Waals surface area contributed by atoms with Crippen LogP contribution in [0.1, 0.15) is 52.0 Å². The van der Waals surface area contributed by atoms with E-state index in [-0.39, 0.29) is 16.6 Å². The van der Waals surface area contributed by atoms with E-state index in [1.165, 1.54) is 31.2 Å². The number of anilines is 1. The Hall–Kier alpha value is -2.52. The molecule has 0 spiro atoms. The number of benzene rings is 1. The molecule has 1 aromatic heterocycles. The van der Waals surface area contributed by atoms with Crippen LogP contribution in [0.25, 0.3) is 0 Å². The Morgan fingerprint density at radius 2 is 1.71 bits per heavy atom. The molecule has 28 heavy (non-hydrogen) atoms. The van der Waals surface area contributed by atoms with Crippen molar-refractivity contribution in [1.82, 2.24) is 4.72 Å². The number of ketones is 1. The molecule has 0 bridgehead atoms. The molecule has 0 saturated carbocycles. The Kier molecular flexibility index (Phi) is 6.25. The highest BCUT2D eigenvalue weighted by molar-refractivity contribution is 7.90. The van der Waals surface area contributed by atoms with Gasteiger partial charge in [-0.1, -0.05) is 6.42 Å². The number of amides is 1. The minimum atomic E-state index is -3.71. The number of hydrogen-bond donors (Lipinski definition) is 2. The number of carbonyl (C=O) groups is 2. The maximum Gasteiger partial charge on any atom is 0.265 e. The molecule has 0 fully saturated rings. The van der Waals surface area contributed by atoms with Crippen molar-refractivity contribution in [1.29, 1.82) is 0 Å². The van der Waals surface area contributed by atoms with Gasteiger partial charge in [0.2, 0.25) is 0 Å². The molecule has 0 radical (unpaired) electrons. The van der Waals surface area contributed by atoms with Crippen LogP contribution in [0.2, 0.25) is 0 Å². The maximum atomic E-state index is 12.5. The van der Waals surface area contributed by atoms with E-state index in [9.17, 15) is 18.0 Å². The summed E-state index contributed by atoms with van der Waals surface area (Å²) in [6.45, 7) is 2.08. The van der Waals surface area contributed by atoms with Crippen molar-refractivity contribution in [2.75, 3.05) is 11.9 Å². The van der Waals surface area contributed by atoms with Crippen LogP contribution >= 0.6 is 11.3 Å². The minimum absolute atomic E-state index is 0.0932. The first kappa shape index (κ1) is 20.2. The zero-order valence-electron chi connectivity index (χ0n) is 15.4.